The van der Waals surface area contributed by atoms with Gasteiger partial charge in [0.1, 0.15) is 5.75 Å². The van der Waals surface area contributed by atoms with E-state index in [1.165, 1.54) is 0 Å². The summed E-state index contributed by atoms with van der Waals surface area (Å²) in [6.07, 6.45) is 0. The van der Waals surface area contributed by atoms with Crippen molar-refractivity contribution in [2.45, 2.75) is 58.2 Å². The van der Waals surface area contributed by atoms with Gasteiger partial charge in [0.2, 0.25) is 0 Å². The average Bonchev–Trinajstić information content (AvgIpc) is 2.22. The largest absolute Gasteiger partial charge is 0.707 e. The minimum absolute atomic E-state index is 0.282. The molecule has 0 aliphatic carbocycles. The summed E-state index contributed by atoms with van der Waals surface area (Å²) in [4.78, 5) is 0. The van der Waals surface area contributed by atoms with Gasteiger partial charge in [0.15, 0.2) is 0 Å². The molecular weight excluding hydrogens is 281 g/mol. The van der Waals surface area contributed by atoms with Crippen LogP contribution < -0.4 is 21.9 Å². The van der Waals surface area contributed by atoms with Crippen molar-refractivity contribution in [3.8, 4) is 5.75 Å². The average molecular weight is 309 g/mol. The van der Waals surface area contributed by atoms with Gasteiger partial charge in [0.05, 0.1) is 0 Å². The molecule has 0 atom stereocenters. The zero-order valence-corrected chi connectivity index (χ0v) is 14.3. The highest BCUT2D eigenvalue weighted by Crippen LogP contribution is 2.41. The lowest BCUT2D eigenvalue weighted by molar-refractivity contribution is 0.283. The Bertz CT molecular complexity index is 541. The fourth-order valence-corrected chi connectivity index (χ4v) is 2.64. The van der Waals surface area contributed by atoms with Crippen molar-refractivity contribution < 1.29 is 14.7 Å². The maximum atomic E-state index is 9.16. The Labute approximate surface area is 132 Å². The van der Waals surface area contributed by atoms with E-state index >= 15 is 0 Å². The van der Waals surface area contributed by atoms with E-state index < -0.39 is 23.9 Å². The molecule has 0 aromatic heterocycles. The summed E-state index contributed by atoms with van der Waals surface area (Å²) in [6.45, 7) is 11.1. The van der Waals surface area contributed by atoms with Crippen LogP contribution in [-0.2, 0) is 16.6 Å². The third kappa shape index (κ3) is 4.21. The molecule has 0 unspecified atom stereocenters. The number of rotatable bonds is 5. The summed E-state index contributed by atoms with van der Waals surface area (Å²) in [7, 11) is -1.94. The second-order valence-corrected chi connectivity index (χ2v) is 7.47. The second kappa shape index (κ2) is 5.83. The molecule has 0 heterocycles. The molecule has 0 amide bonds. The van der Waals surface area contributed by atoms with Crippen LogP contribution in [0.2, 0.25) is 0 Å². The Balaban J connectivity index is 3.84. The van der Waals surface area contributed by atoms with Crippen molar-refractivity contribution >= 4 is 7.32 Å². The zero-order chi connectivity index (χ0) is 17.5. The highest BCUT2D eigenvalue weighted by Gasteiger charge is 2.35. The van der Waals surface area contributed by atoms with Crippen LogP contribution in [0.3, 0.4) is 0 Å². The molecule has 0 radical (unpaired) electrons. The summed E-state index contributed by atoms with van der Waals surface area (Å²) >= 11 is 0. The maximum Gasteiger partial charge on any atom is 0.707 e. The number of nitrogens with two attached hydrogens (primary N) is 3. The fourth-order valence-electron chi connectivity index (χ4n) is 2.64. The van der Waals surface area contributed by atoms with Gasteiger partial charge in [0.25, 0.3) is 0 Å². The van der Waals surface area contributed by atoms with Crippen LogP contribution in [0, 0.1) is 0 Å². The first-order valence-corrected chi connectivity index (χ1v) is 7.23. The van der Waals surface area contributed by atoms with Crippen molar-refractivity contribution in [2.24, 2.45) is 17.2 Å². The van der Waals surface area contributed by atoms with Gasteiger partial charge in [0, 0.05) is 22.2 Å². The van der Waals surface area contributed by atoms with E-state index in [0.717, 1.165) is 11.1 Å². The van der Waals surface area contributed by atoms with Crippen LogP contribution >= 0.6 is 0 Å². The van der Waals surface area contributed by atoms with Gasteiger partial charge in [-0.2, -0.15) is 0 Å². The van der Waals surface area contributed by atoms with Gasteiger partial charge >= 0.3 is 7.32 Å². The second-order valence-electron chi connectivity index (χ2n) is 7.47. The van der Waals surface area contributed by atoms with Crippen molar-refractivity contribution in [1.29, 1.82) is 0 Å². The molecule has 0 saturated carbocycles. The molecule has 0 saturated heterocycles. The lowest BCUT2D eigenvalue weighted by Gasteiger charge is -2.37. The topological polar surface area (TPSA) is 128 Å². The monoisotopic (exact) mass is 309 g/mol. The SMILES string of the molecule is CC(C)(N)c1ccc(OB(O)O)c(C(C)(C)N)c1C(C)(C)N. The third-order valence-electron chi connectivity index (χ3n) is 3.38. The molecule has 0 bridgehead atoms. The van der Waals surface area contributed by atoms with Crippen LogP contribution in [0.1, 0.15) is 58.2 Å². The lowest BCUT2D eigenvalue weighted by Crippen LogP contribution is -2.42. The molecule has 0 fully saturated rings. The number of hydrogen-bond donors (Lipinski definition) is 5. The standard InChI is InChI=1S/C15H28BN3O3/c1-13(2,17)9-7-8-10(22-16(20)21)12(15(5,6)19)11(9)14(3,4)18/h7-8,20-21H,17-19H2,1-6H3. The van der Waals surface area contributed by atoms with Gasteiger partial charge in [-0.1, -0.05) is 6.07 Å². The maximum absolute atomic E-state index is 9.16. The van der Waals surface area contributed by atoms with Gasteiger partial charge < -0.3 is 31.9 Å². The van der Waals surface area contributed by atoms with E-state index in [4.69, 9.17) is 31.9 Å². The predicted molar refractivity (Wildman–Crippen MR) is 88.9 cm³/mol. The zero-order valence-electron chi connectivity index (χ0n) is 14.3. The molecule has 1 rings (SSSR count). The van der Waals surface area contributed by atoms with Crippen molar-refractivity contribution in [3.63, 3.8) is 0 Å². The summed E-state index contributed by atoms with van der Waals surface area (Å²) in [6, 6.07) is 3.43. The molecule has 0 spiro atoms. The molecule has 0 aliphatic rings. The van der Waals surface area contributed by atoms with Crippen LogP contribution in [0.25, 0.3) is 0 Å². The molecule has 6 nitrogen and oxygen atoms in total. The molecular formula is C15H28BN3O3. The minimum Gasteiger partial charge on any atom is -0.512 e. The normalized spacial score (nSPS) is 13.2. The highest BCUT2D eigenvalue weighted by molar-refractivity contribution is 6.33. The first-order chi connectivity index (χ1) is 9.65. The smallest absolute Gasteiger partial charge is 0.512 e. The Hall–Kier alpha value is -1.12. The van der Waals surface area contributed by atoms with Gasteiger partial charge in [-0.05, 0) is 58.7 Å². The van der Waals surface area contributed by atoms with Crippen molar-refractivity contribution in [3.05, 3.63) is 28.8 Å². The Morgan fingerprint density at radius 3 is 1.59 bits per heavy atom. The van der Waals surface area contributed by atoms with E-state index in [1.54, 1.807) is 12.1 Å². The Morgan fingerprint density at radius 2 is 1.27 bits per heavy atom. The fraction of sp³-hybridized carbons (Fsp3) is 0.600. The molecule has 0 aliphatic heterocycles. The first-order valence-electron chi connectivity index (χ1n) is 7.23. The molecule has 1 aromatic carbocycles. The minimum atomic E-state index is -1.94. The third-order valence-corrected chi connectivity index (χ3v) is 3.38. The first kappa shape index (κ1) is 18.9. The van der Waals surface area contributed by atoms with E-state index in [2.05, 4.69) is 0 Å². The molecule has 124 valence electrons. The van der Waals surface area contributed by atoms with Crippen LogP contribution in [0.4, 0.5) is 0 Å². The predicted octanol–water partition coefficient (Wildman–Crippen LogP) is 0.616. The highest BCUT2D eigenvalue weighted by atomic mass is 16.6. The molecule has 22 heavy (non-hydrogen) atoms. The number of hydrogen-bond acceptors (Lipinski definition) is 6. The van der Waals surface area contributed by atoms with Gasteiger partial charge in [-0.3, -0.25) is 0 Å². The van der Waals surface area contributed by atoms with E-state index in [-0.39, 0.29) is 5.75 Å². The molecule has 1 aromatic rings. The van der Waals surface area contributed by atoms with Crippen LogP contribution in [0.15, 0.2) is 12.1 Å². The van der Waals surface area contributed by atoms with Crippen LogP contribution in [-0.4, -0.2) is 17.4 Å². The summed E-state index contributed by atoms with van der Waals surface area (Å²) in [5.41, 5.74) is 19.0. The summed E-state index contributed by atoms with van der Waals surface area (Å²) in [5.74, 6) is 0.282. The quantitative estimate of drug-likeness (QED) is 0.507. The van der Waals surface area contributed by atoms with E-state index in [0.29, 0.717) is 5.56 Å². The Kier molecular flexibility index (Phi) is 5.02. The molecule has 8 N–H and O–H groups in total. The van der Waals surface area contributed by atoms with Gasteiger partial charge in [-0.25, -0.2) is 0 Å². The summed E-state index contributed by atoms with van der Waals surface area (Å²) < 4.78 is 5.11. The van der Waals surface area contributed by atoms with Crippen molar-refractivity contribution in [1.82, 2.24) is 0 Å². The summed E-state index contributed by atoms with van der Waals surface area (Å²) in [5, 5.41) is 18.3. The van der Waals surface area contributed by atoms with Crippen molar-refractivity contribution in [2.75, 3.05) is 0 Å². The van der Waals surface area contributed by atoms with Crippen LogP contribution in [0.5, 0.6) is 5.75 Å². The van der Waals surface area contributed by atoms with E-state index in [1.807, 2.05) is 41.5 Å². The van der Waals surface area contributed by atoms with Gasteiger partial charge in [-0.15, -0.1) is 0 Å². The molecule has 7 heteroatoms. The number of benzene rings is 1. The lowest BCUT2D eigenvalue weighted by atomic mass is 9.75. The Morgan fingerprint density at radius 1 is 0.818 bits per heavy atom. The van der Waals surface area contributed by atoms with E-state index in [9.17, 15) is 0 Å².